The van der Waals surface area contributed by atoms with Crippen LogP contribution >= 0.6 is 0 Å². The van der Waals surface area contributed by atoms with Crippen LogP contribution in [-0.2, 0) is 9.53 Å². The molecule has 2 aromatic rings. The van der Waals surface area contributed by atoms with Crippen molar-refractivity contribution in [1.29, 1.82) is 0 Å². The van der Waals surface area contributed by atoms with Gasteiger partial charge >= 0.3 is 0 Å². The summed E-state index contributed by atoms with van der Waals surface area (Å²) in [6, 6.07) is 8.42. The van der Waals surface area contributed by atoms with Crippen LogP contribution in [0.4, 0.5) is 0 Å². The predicted octanol–water partition coefficient (Wildman–Crippen LogP) is 3.87. The van der Waals surface area contributed by atoms with Crippen LogP contribution in [0.5, 0.6) is 0 Å². The van der Waals surface area contributed by atoms with Crippen LogP contribution in [0.3, 0.4) is 0 Å². The zero-order valence-electron chi connectivity index (χ0n) is 15.1. The first-order valence-corrected chi connectivity index (χ1v) is 9.18. The summed E-state index contributed by atoms with van der Waals surface area (Å²) in [5, 5.41) is 0. The predicted molar refractivity (Wildman–Crippen MR) is 98.2 cm³/mol. The number of carbonyl (C=O) groups is 1. The number of hydrogen-bond acceptors (Lipinski definition) is 3. The number of aromatic amines is 1. The van der Waals surface area contributed by atoms with Crippen molar-refractivity contribution in [3.63, 3.8) is 0 Å². The Morgan fingerprint density at radius 2 is 2.32 bits per heavy atom. The molecule has 1 atom stereocenters. The number of hydrogen-bond donors (Lipinski definition) is 1. The van der Waals surface area contributed by atoms with Crippen LogP contribution in [0.2, 0.25) is 0 Å². The van der Waals surface area contributed by atoms with Gasteiger partial charge < -0.3 is 14.6 Å². The van der Waals surface area contributed by atoms with Crippen LogP contribution in [-0.4, -0.2) is 40.5 Å². The van der Waals surface area contributed by atoms with Gasteiger partial charge in [-0.1, -0.05) is 23.8 Å². The lowest BCUT2D eigenvalue weighted by atomic mass is 10.1. The summed E-state index contributed by atoms with van der Waals surface area (Å²) in [6.45, 7) is 6.23. The lowest BCUT2D eigenvalue weighted by Gasteiger charge is -2.23. The van der Waals surface area contributed by atoms with Crippen molar-refractivity contribution in [3.8, 4) is 11.3 Å². The topological polar surface area (TPSA) is 58.2 Å². The number of aromatic nitrogens is 2. The summed E-state index contributed by atoms with van der Waals surface area (Å²) in [6.07, 6.45) is 5.20. The minimum Gasteiger partial charge on any atom is -0.382 e. The fraction of sp³-hybridized carbons (Fsp3) is 0.500. The molecule has 0 spiro atoms. The maximum absolute atomic E-state index is 12.5. The Bertz CT molecular complexity index is 710. The number of ether oxygens (including phenoxy) is 1. The fourth-order valence-electron chi connectivity index (χ4n) is 3.43. The molecule has 1 saturated heterocycles. The molecule has 0 saturated carbocycles. The molecule has 0 bridgehead atoms. The quantitative estimate of drug-likeness (QED) is 0.778. The van der Waals surface area contributed by atoms with Crippen molar-refractivity contribution in [1.82, 2.24) is 14.9 Å². The number of nitrogens with one attached hydrogen (secondary N) is 1. The molecular weight excluding hydrogens is 314 g/mol. The number of likely N-dealkylation sites (tertiary alicyclic amines) is 1. The van der Waals surface area contributed by atoms with E-state index in [0.29, 0.717) is 19.6 Å². The zero-order chi connectivity index (χ0) is 17.6. The first-order chi connectivity index (χ1) is 12.2. The number of amides is 1. The number of benzene rings is 1. The second-order valence-corrected chi connectivity index (χ2v) is 6.60. The van der Waals surface area contributed by atoms with E-state index in [1.165, 1.54) is 5.56 Å². The minimum atomic E-state index is 0.0677. The third-order valence-corrected chi connectivity index (χ3v) is 4.70. The lowest BCUT2D eigenvalue weighted by Crippen LogP contribution is -2.31. The van der Waals surface area contributed by atoms with E-state index >= 15 is 0 Å². The van der Waals surface area contributed by atoms with Gasteiger partial charge in [-0.05, 0) is 44.7 Å². The van der Waals surface area contributed by atoms with Crippen LogP contribution in [0.25, 0.3) is 11.3 Å². The first kappa shape index (κ1) is 17.7. The highest BCUT2D eigenvalue weighted by Crippen LogP contribution is 2.32. The van der Waals surface area contributed by atoms with Gasteiger partial charge in [-0.25, -0.2) is 4.98 Å². The molecule has 3 rings (SSSR count). The van der Waals surface area contributed by atoms with Gasteiger partial charge in [0.15, 0.2) is 0 Å². The molecule has 0 aliphatic carbocycles. The summed E-state index contributed by atoms with van der Waals surface area (Å²) < 4.78 is 5.33. The molecule has 1 aliphatic rings. The molecule has 1 amide bonds. The lowest BCUT2D eigenvalue weighted by molar-refractivity contribution is -0.132. The number of carbonyl (C=O) groups excluding carboxylic acids is 1. The summed E-state index contributed by atoms with van der Waals surface area (Å²) in [5.41, 5.74) is 3.36. The van der Waals surface area contributed by atoms with Crippen LogP contribution in [0.1, 0.15) is 50.0 Å². The van der Waals surface area contributed by atoms with Crippen LogP contribution < -0.4 is 0 Å². The summed E-state index contributed by atoms with van der Waals surface area (Å²) >= 11 is 0. The number of aryl methyl sites for hydroxylation is 1. The second kappa shape index (κ2) is 8.30. The van der Waals surface area contributed by atoms with Gasteiger partial charge in [0.1, 0.15) is 5.82 Å². The molecule has 5 nitrogen and oxygen atoms in total. The van der Waals surface area contributed by atoms with Crippen molar-refractivity contribution in [2.75, 3.05) is 19.8 Å². The van der Waals surface area contributed by atoms with Crippen molar-refractivity contribution in [2.24, 2.45) is 0 Å². The van der Waals surface area contributed by atoms with E-state index in [0.717, 1.165) is 42.9 Å². The highest BCUT2D eigenvalue weighted by atomic mass is 16.5. The van der Waals surface area contributed by atoms with Gasteiger partial charge in [0.05, 0.1) is 17.9 Å². The average Bonchev–Trinajstić information content (AvgIpc) is 3.27. The summed E-state index contributed by atoms with van der Waals surface area (Å²) in [5.74, 6) is 1.10. The van der Waals surface area contributed by atoms with Crippen LogP contribution in [0.15, 0.2) is 30.5 Å². The fourth-order valence-corrected chi connectivity index (χ4v) is 3.43. The molecule has 2 heterocycles. The molecule has 25 heavy (non-hydrogen) atoms. The van der Waals surface area contributed by atoms with Crippen molar-refractivity contribution < 1.29 is 9.53 Å². The summed E-state index contributed by atoms with van der Waals surface area (Å²) in [7, 11) is 0. The Labute approximate surface area is 149 Å². The normalized spacial score (nSPS) is 17.2. The van der Waals surface area contributed by atoms with E-state index in [1.807, 2.05) is 18.0 Å². The SMILES string of the molecule is CCOCCCC(=O)N1CCC[C@H]1c1ncc(-c2cccc(C)c2)[nH]1. The third kappa shape index (κ3) is 4.28. The average molecular weight is 341 g/mol. The van der Waals surface area contributed by atoms with Gasteiger partial charge in [0.25, 0.3) is 0 Å². The molecule has 1 fully saturated rings. The molecule has 1 aromatic heterocycles. The van der Waals surface area contributed by atoms with Crippen LogP contribution in [0, 0.1) is 6.92 Å². The molecule has 0 radical (unpaired) electrons. The van der Waals surface area contributed by atoms with E-state index in [9.17, 15) is 4.79 Å². The molecule has 1 aliphatic heterocycles. The van der Waals surface area contributed by atoms with Crippen molar-refractivity contribution in [3.05, 3.63) is 41.9 Å². The van der Waals surface area contributed by atoms with Gasteiger partial charge in [-0.3, -0.25) is 4.79 Å². The Morgan fingerprint density at radius 3 is 3.12 bits per heavy atom. The van der Waals surface area contributed by atoms with E-state index in [4.69, 9.17) is 4.74 Å². The molecule has 134 valence electrons. The molecular formula is C20H27N3O2. The van der Waals surface area contributed by atoms with Gasteiger partial charge in [0.2, 0.25) is 5.91 Å². The largest absolute Gasteiger partial charge is 0.382 e. The van der Waals surface area contributed by atoms with Crippen molar-refractivity contribution in [2.45, 2.75) is 45.6 Å². The van der Waals surface area contributed by atoms with Gasteiger partial charge in [-0.2, -0.15) is 0 Å². The van der Waals surface area contributed by atoms with E-state index in [1.54, 1.807) is 0 Å². The molecule has 1 aromatic carbocycles. The highest BCUT2D eigenvalue weighted by molar-refractivity contribution is 5.77. The standard InChI is InChI=1S/C20H27N3O2/c1-3-25-12-6-10-19(24)23-11-5-9-18(23)20-21-14-17(22-20)16-8-4-7-15(2)13-16/h4,7-8,13-14,18H,3,5-6,9-12H2,1-2H3,(H,21,22)/t18-/m0/s1. The van der Waals surface area contributed by atoms with Gasteiger partial charge in [-0.15, -0.1) is 0 Å². The highest BCUT2D eigenvalue weighted by Gasteiger charge is 2.31. The smallest absolute Gasteiger partial charge is 0.223 e. The first-order valence-electron chi connectivity index (χ1n) is 9.18. The van der Waals surface area contributed by atoms with Gasteiger partial charge in [0, 0.05) is 26.2 Å². The Balaban J connectivity index is 1.67. The molecule has 1 N–H and O–H groups in total. The van der Waals surface area contributed by atoms with E-state index in [-0.39, 0.29) is 11.9 Å². The summed E-state index contributed by atoms with van der Waals surface area (Å²) in [4.78, 5) is 22.5. The van der Waals surface area contributed by atoms with Crippen molar-refractivity contribution >= 4 is 5.91 Å². The third-order valence-electron chi connectivity index (χ3n) is 4.70. The Hall–Kier alpha value is -2.14. The maximum Gasteiger partial charge on any atom is 0.223 e. The molecule has 0 unspecified atom stereocenters. The van der Waals surface area contributed by atoms with E-state index in [2.05, 4.69) is 41.2 Å². The van der Waals surface area contributed by atoms with E-state index < -0.39 is 0 Å². The Morgan fingerprint density at radius 1 is 1.44 bits per heavy atom. The number of rotatable bonds is 7. The molecule has 5 heteroatoms. The monoisotopic (exact) mass is 341 g/mol. The minimum absolute atomic E-state index is 0.0677. The number of nitrogens with zero attached hydrogens (tertiary/aromatic N) is 2. The zero-order valence-corrected chi connectivity index (χ0v) is 15.1. The Kier molecular flexibility index (Phi) is 5.87. The second-order valence-electron chi connectivity index (χ2n) is 6.60. The maximum atomic E-state index is 12.5. The number of H-pyrrole nitrogens is 1. The number of imidazole rings is 1.